The maximum atomic E-state index is 13.5. The molecule has 0 saturated carbocycles. The van der Waals surface area contributed by atoms with E-state index in [0.29, 0.717) is 22.0 Å². The summed E-state index contributed by atoms with van der Waals surface area (Å²) in [5, 5.41) is 2.47. The first kappa shape index (κ1) is 20.1. The molecule has 7 heteroatoms. The van der Waals surface area contributed by atoms with Gasteiger partial charge in [-0.15, -0.1) is 11.3 Å². The Kier molecular flexibility index (Phi) is 5.51. The van der Waals surface area contributed by atoms with E-state index in [2.05, 4.69) is 11.9 Å². The molecule has 3 heterocycles. The monoisotopic (exact) mass is 429 g/mol. The lowest BCUT2D eigenvalue weighted by Crippen LogP contribution is -2.43. The van der Waals surface area contributed by atoms with Crippen molar-refractivity contribution in [3.63, 3.8) is 0 Å². The van der Waals surface area contributed by atoms with Crippen LogP contribution in [0.3, 0.4) is 0 Å². The smallest absolute Gasteiger partial charge is 0.282 e. The largest absolute Gasteiger partial charge is 0.366 e. The van der Waals surface area contributed by atoms with E-state index in [4.69, 9.17) is 11.6 Å². The van der Waals surface area contributed by atoms with Crippen molar-refractivity contribution in [2.45, 2.75) is 25.8 Å². The molecule has 0 N–H and O–H groups in total. The zero-order valence-electron chi connectivity index (χ0n) is 16.8. The third-order valence-corrected chi connectivity index (χ3v) is 7.12. The first-order valence-corrected chi connectivity index (χ1v) is 11.0. The van der Waals surface area contributed by atoms with E-state index in [-0.39, 0.29) is 17.9 Å². The molecule has 1 aromatic carbocycles. The summed E-state index contributed by atoms with van der Waals surface area (Å²) in [6.07, 6.45) is 1.93. The second-order valence-electron chi connectivity index (χ2n) is 7.73. The van der Waals surface area contributed by atoms with E-state index in [1.54, 1.807) is 12.1 Å². The van der Waals surface area contributed by atoms with Crippen molar-refractivity contribution in [3.8, 4) is 0 Å². The van der Waals surface area contributed by atoms with E-state index in [9.17, 15) is 9.59 Å². The summed E-state index contributed by atoms with van der Waals surface area (Å²) in [6.45, 7) is 3.86. The van der Waals surface area contributed by atoms with Crippen molar-refractivity contribution in [3.05, 3.63) is 56.9 Å². The molecule has 0 radical (unpaired) electrons. The average Bonchev–Trinajstić information content (AvgIpc) is 3.30. The van der Waals surface area contributed by atoms with Gasteiger partial charge < -0.3 is 9.80 Å². The first-order chi connectivity index (χ1) is 13.9. The van der Waals surface area contributed by atoms with Gasteiger partial charge in [0.2, 0.25) is 0 Å². The molecular weight excluding hydrogens is 406 g/mol. The number of thiophene rings is 1. The molecule has 4 rings (SSSR count). The molecule has 5 nitrogen and oxygen atoms in total. The Hall–Kier alpha value is -2.15. The number of anilines is 1. The zero-order chi connectivity index (χ0) is 20.7. The van der Waals surface area contributed by atoms with E-state index >= 15 is 0 Å². The van der Waals surface area contributed by atoms with E-state index < -0.39 is 0 Å². The predicted octanol–water partition coefficient (Wildman–Crippen LogP) is 4.02. The molecule has 0 atom stereocenters. The van der Waals surface area contributed by atoms with Crippen LogP contribution in [-0.4, -0.2) is 54.8 Å². The number of hydrogen-bond donors (Lipinski definition) is 0. The topological polar surface area (TPSA) is 43.9 Å². The van der Waals surface area contributed by atoms with Crippen molar-refractivity contribution in [1.82, 2.24) is 9.80 Å². The summed E-state index contributed by atoms with van der Waals surface area (Å²) in [7, 11) is 4.05. The minimum Gasteiger partial charge on any atom is -0.366 e. The maximum absolute atomic E-state index is 13.5. The van der Waals surface area contributed by atoms with Crippen LogP contribution in [-0.2, 0) is 9.59 Å². The highest BCUT2D eigenvalue weighted by molar-refractivity contribution is 7.11. The summed E-state index contributed by atoms with van der Waals surface area (Å²) < 4.78 is 0. The molecule has 0 aliphatic carbocycles. The normalized spacial score (nSPS) is 18.8. The summed E-state index contributed by atoms with van der Waals surface area (Å²) in [6, 6.07) is 9.35. The number of benzene rings is 1. The Balaban J connectivity index is 1.75. The molecule has 0 unspecified atom stereocenters. The summed E-state index contributed by atoms with van der Waals surface area (Å²) in [4.78, 5) is 33.4. The number of carbonyl (C=O) groups excluding carboxylic acids is 2. The fourth-order valence-corrected chi connectivity index (χ4v) is 4.95. The van der Waals surface area contributed by atoms with Crippen LogP contribution in [0.2, 0.25) is 5.02 Å². The Morgan fingerprint density at radius 1 is 1.14 bits per heavy atom. The number of aryl methyl sites for hydroxylation is 1. The van der Waals surface area contributed by atoms with Gasteiger partial charge in [0.1, 0.15) is 5.70 Å². The minimum atomic E-state index is -0.285. The van der Waals surface area contributed by atoms with E-state index in [0.717, 1.165) is 36.4 Å². The molecule has 1 aromatic heterocycles. The third kappa shape index (κ3) is 3.61. The number of amides is 2. The van der Waals surface area contributed by atoms with E-state index in [1.165, 1.54) is 16.2 Å². The Bertz CT molecular complexity index is 978. The molecule has 1 fully saturated rings. The Morgan fingerprint density at radius 3 is 2.48 bits per heavy atom. The fourth-order valence-electron chi connectivity index (χ4n) is 4.01. The number of likely N-dealkylation sites (N-methyl/N-ethyl adjacent to an activating group) is 1. The molecule has 1 saturated heterocycles. The number of hydrogen-bond acceptors (Lipinski definition) is 5. The molecule has 2 aliphatic heterocycles. The number of imide groups is 1. The van der Waals surface area contributed by atoms with Crippen LogP contribution >= 0.6 is 22.9 Å². The fraction of sp³-hybridized carbons (Fsp3) is 0.364. The Morgan fingerprint density at radius 2 is 1.86 bits per heavy atom. The van der Waals surface area contributed by atoms with Crippen LogP contribution in [0.15, 0.2) is 41.4 Å². The molecular formula is C22H24ClN3O2S. The van der Waals surface area contributed by atoms with E-state index in [1.807, 2.05) is 42.5 Å². The van der Waals surface area contributed by atoms with Crippen molar-refractivity contribution < 1.29 is 9.59 Å². The highest BCUT2D eigenvalue weighted by Gasteiger charge is 2.43. The Labute approximate surface area is 180 Å². The van der Waals surface area contributed by atoms with Gasteiger partial charge in [-0.25, -0.2) is 4.90 Å². The number of likely N-dealkylation sites (tertiary alicyclic amines) is 1. The van der Waals surface area contributed by atoms with Gasteiger partial charge in [0.15, 0.2) is 0 Å². The van der Waals surface area contributed by atoms with Crippen LogP contribution in [0.4, 0.5) is 5.69 Å². The van der Waals surface area contributed by atoms with Gasteiger partial charge in [0.05, 0.1) is 11.3 Å². The van der Waals surface area contributed by atoms with Gasteiger partial charge in [0, 0.05) is 23.0 Å². The van der Waals surface area contributed by atoms with Gasteiger partial charge in [-0.3, -0.25) is 9.59 Å². The van der Waals surface area contributed by atoms with Gasteiger partial charge in [-0.2, -0.15) is 0 Å². The predicted molar refractivity (Wildman–Crippen MR) is 118 cm³/mol. The van der Waals surface area contributed by atoms with Crippen molar-refractivity contribution >= 4 is 46.0 Å². The quantitative estimate of drug-likeness (QED) is 0.688. The van der Waals surface area contributed by atoms with Gasteiger partial charge in [-0.05, 0) is 69.0 Å². The second-order valence-corrected chi connectivity index (χ2v) is 9.08. The minimum absolute atomic E-state index is 0.231. The summed E-state index contributed by atoms with van der Waals surface area (Å²) in [5.41, 5.74) is 2.40. The molecule has 0 spiro atoms. The number of halogens is 1. The molecule has 0 bridgehead atoms. The van der Waals surface area contributed by atoms with Crippen LogP contribution in [0, 0.1) is 6.92 Å². The number of carbonyl (C=O) groups is 2. The first-order valence-electron chi connectivity index (χ1n) is 9.73. The molecule has 2 aliphatic rings. The van der Waals surface area contributed by atoms with Crippen LogP contribution < -0.4 is 4.90 Å². The average molecular weight is 430 g/mol. The number of nitrogens with zero attached hydrogens (tertiary/aromatic N) is 3. The van der Waals surface area contributed by atoms with Crippen LogP contribution in [0.25, 0.3) is 5.57 Å². The lowest BCUT2D eigenvalue weighted by atomic mass is 10.0. The van der Waals surface area contributed by atoms with Crippen molar-refractivity contribution in [1.29, 1.82) is 0 Å². The SMILES string of the molecule is Cc1ccc(N2C(=O)C(c3cccs3)=C(N(C)C3CCN(C)CC3)C2=O)cc1Cl. The molecule has 152 valence electrons. The molecule has 2 amide bonds. The van der Waals surface area contributed by atoms with Crippen LogP contribution in [0.1, 0.15) is 23.3 Å². The second kappa shape index (κ2) is 7.94. The lowest BCUT2D eigenvalue weighted by molar-refractivity contribution is -0.120. The highest BCUT2D eigenvalue weighted by Crippen LogP contribution is 2.38. The molecule has 29 heavy (non-hydrogen) atoms. The highest BCUT2D eigenvalue weighted by atomic mass is 35.5. The zero-order valence-corrected chi connectivity index (χ0v) is 18.4. The number of rotatable bonds is 4. The van der Waals surface area contributed by atoms with Gasteiger partial charge >= 0.3 is 0 Å². The third-order valence-electron chi connectivity index (χ3n) is 5.83. The van der Waals surface area contributed by atoms with Gasteiger partial charge in [0.25, 0.3) is 11.8 Å². The van der Waals surface area contributed by atoms with Crippen molar-refractivity contribution in [2.24, 2.45) is 0 Å². The summed E-state index contributed by atoms with van der Waals surface area (Å²) in [5.74, 6) is -0.563. The van der Waals surface area contributed by atoms with Crippen LogP contribution in [0.5, 0.6) is 0 Å². The maximum Gasteiger partial charge on any atom is 0.282 e. The van der Waals surface area contributed by atoms with Gasteiger partial charge in [-0.1, -0.05) is 23.7 Å². The number of piperidine rings is 1. The lowest BCUT2D eigenvalue weighted by Gasteiger charge is -2.36. The van der Waals surface area contributed by atoms with Crippen molar-refractivity contribution in [2.75, 3.05) is 32.1 Å². The molecule has 2 aromatic rings. The standard InChI is InChI=1S/C22H24ClN3O2S/c1-14-6-7-16(13-17(14)23)26-21(27)19(18-5-4-12-29-18)20(22(26)28)25(3)15-8-10-24(2)11-9-15/h4-7,12-13,15H,8-11H2,1-3H3. The summed E-state index contributed by atoms with van der Waals surface area (Å²) >= 11 is 7.76.